The number of ether oxygens (including phenoxy) is 1. The van der Waals surface area contributed by atoms with Crippen molar-refractivity contribution in [2.75, 3.05) is 0 Å². The zero-order valence-electron chi connectivity index (χ0n) is 25.1. The molecule has 0 aliphatic carbocycles. The molecule has 0 rings (SSSR count). The minimum absolute atomic E-state index is 0.0519. The van der Waals surface area contributed by atoms with Crippen LogP contribution in [0.5, 0.6) is 0 Å². The van der Waals surface area contributed by atoms with E-state index in [1.807, 2.05) is 0 Å². The molecular formula is C34H66O2. The van der Waals surface area contributed by atoms with Gasteiger partial charge in [-0.15, -0.1) is 0 Å². The Labute approximate surface area is 227 Å². The third-order valence-electron chi connectivity index (χ3n) is 7.45. The highest BCUT2D eigenvalue weighted by molar-refractivity contribution is 5.69. The number of allylic oxidation sites excluding steroid dienone is 2. The first kappa shape index (κ1) is 35.2. The summed E-state index contributed by atoms with van der Waals surface area (Å²) >= 11 is 0. The van der Waals surface area contributed by atoms with E-state index in [0.717, 1.165) is 25.7 Å². The molecule has 0 bridgehead atoms. The summed E-state index contributed by atoms with van der Waals surface area (Å²) in [6.45, 7) is 6.81. The van der Waals surface area contributed by atoms with Gasteiger partial charge in [-0.2, -0.15) is 0 Å². The standard InChI is InChI=1S/C34H66O2/c1-4-7-10-13-15-16-17-18-19-20-21-22-24-26-29-32-34(35)36-33(30-27-12-9-6-3)31-28-25-23-14-11-8-5-2/h18-19,33H,4-17,20-32H2,1-3H3/b19-18-. The van der Waals surface area contributed by atoms with Gasteiger partial charge < -0.3 is 4.74 Å². The summed E-state index contributed by atoms with van der Waals surface area (Å²) in [7, 11) is 0. The maximum absolute atomic E-state index is 12.5. The largest absolute Gasteiger partial charge is 0.462 e. The molecule has 0 aromatic carbocycles. The van der Waals surface area contributed by atoms with Gasteiger partial charge in [-0.1, -0.05) is 142 Å². The van der Waals surface area contributed by atoms with E-state index in [0.29, 0.717) is 6.42 Å². The Morgan fingerprint density at radius 2 is 0.861 bits per heavy atom. The molecule has 0 saturated carbocycles. The zero-order chi connectivity index (χ0) is 26.4. The fourth-order valence-electron chi connectivity index (χ4n) is 4.97. The maximum Gasteiger partial charge on any atom is 0.306 e. The third kappa shape index (κ3) is 27.8. The molecule has 0 amide bonds. The van der Waals surface area contributed by atoms with Gasteiger partial charge in [0, 0.05) is 6.42 Å². The minimum atomic E-state index is 0.0519. The number of rotatable bonds is 29. The lowest BCUT2D eigenvalue weighted by Crippen LogP contribution is -2.18. The molecule has 0 radical (unpaired) electrons. The summed E-state index contributed by atoms with van der Waals surface area (Å²) in [5, 5.41) is 0. The van der Waals surface area contributed by atoms with Gasteiger partial charge in [0.05, 0.1) is 0 Å². The van der Waals surface area contributed by atoms with Crippen LogP contribution in [0.2, 0.25) is 0 Å². The Morgan fingerprint density at radius 1 is 0.500 bits per heavy atom. The van der Waals surface area contributed by atoms with Crippen LogP contribution in [0.4, 0.5) is 0 Å². The number of esters is 1. The summed E-state index contributed by atoms with van der Waals surface area (Å²) in [5.74, 6) is 0.0519. The first-order chi connectivity index (χ1) is 17.7. The van der Waals surface area contributed by atoms with Crippen molar-refractivity contribution in [3.63, 3.8) is 0 Å². The monoisotopic (exact) mass is 507 g/mol. The van der Waals surface area contributed by atoms with Crippen molar-refractivity contribution in [1.82, 2.24) is 0 Å². The Hall–Kier alpha value is -0.790. The van der Waals surface area contributed by atoms with E-state index in [1.165, 1.54) is 141 Å². The molecular weight excluding hydrogens is 440 g/mol. The third-order valence-corrected chi connectivity index (χ3v) is 7.45. The van der Waals surface area contributed by atoms with Crippen molar-refractivity contribution in [3.8, 4) is 0 Å². The number of carbonyl (C=O) groups excluding carboxylic acids is 1. The van der Waals surface area contributed by atoms with Crippen molar-refractivity contribution in [3.05, 3.63) is 12.2 Å². The van der Waals surface area contributed by atoms with Crippen molar-refractivity contribution < 1.29 is 9.53 Å². The molecule has 2 heteroatoms. The second kappa shape index (κ2) is 30.4. The van der Waals surface area contributed by atoms with E-state index in [9.17, 15) is 4.79 Å². The molecule has 0 fully saturated rings. The van der Waals surface area contributed by atoms with Crippen LogP contribution in [-0.2, 0) is 9.53 Å². The average Bonchev–Trinajstić information content (AvgIpc) is 2.88. The summed E-state index contributed by atoms with van der Waals surface area (Å²) < 4.78 is 5.95. The number of hydrogen-bond acceptors (Lipinski definition) is 2. The number of hydrogen-bond donors (Lipinski definition) is 0. The van der Waals surface area contributed by atoms with Gasteiger partial charge in [-0.25, -0.2) is 0 Å². The molecule has 0 saturated heterocycles. The van der Waals surface area contributed by atoms with E-state index >= 15 is 0 Å². The molecule has 36 heavy (non-hydrogen) atoms. The maximum atomic E-state index is 12.5. The van der Waals surface area contributed by atoms with Crippen LogP contribution in [0.15, 0.2) is 12.2 Å². The highest BCUT2D eigenvalue weighted by Gasteiger charge is 2.14. The van der Waals surface area contributed by atoms with Gasteiger partial charge in [0.2, 0.25) is 0 Å². The van der Waals surface area contributed by atoms with Crippen LogP contribution in [0.1, 0.15) is 194 Å². The Kier molecular flexibility index (Phi) is 29.8. The fourth-order valence-corrected chi connectivity index (χ4v) is 4.97. The fraction of sp³-hybridized carbons (Fsp3) is 0.912. The van der Waals surface area contributed by atoms with Gasteiger partial charge in [-0.05, 0) is 57.8 Å². The van der Waals surface area contributed by atoms with Crippen molar-refractivity contribution in [2.24, 2.45) is 0 Å². The summed E-state index contributed by atoms with van der Waals surface area (Å²) in [6.07, 6.45) is 38.7. The number of unbranched alkanes of at least 4 members (excludes halogenated alkanes) is 20. The predicted molar refractivity (Wildman–Crippen MR) is 161 cm³/mol. The Balaban J connectivity index is 3.78. The molecule has 0 aromatic heterocycles. The van der Waals surface area contributed by atoms with E-state index in [4.69, 9.17) is 4.74 Å². The second-order valence-electron chi connectivity index (χ2n) is 11.2. The summed E-state index contributed by atoms with van der Waals surface area (Å²) in [6, 6.07) is 0. The Morgan fingerprint density at radius 3 is 1.33 bits per heavy atom. The first-order valence-electron chi connectivity index (χ1n) is 16.6. The lowest BCUT2D eigenvalue weighted by Gasteiger charge is -2.18. The van der Waals surface area contributed by atoms with E-state index < -0.39 is 0 Å². The van der Waals surface area contributed by atoms with Crippen LogP contribution in [0, 0.1) is 0 Å². The molecule has 0 N–H and O–H groups in total. The molecule has 0 aliphatic rings. The molecule has 214 valence electrons. The molecule has 2 nitrogen and oxygen atoms in total. The number of carbonyl (C=O) groups is 1. The van der Waals surface area contributed by atoms with Gasteiger partial charge in [0.1, 0.15) is 6.10 Å². The topological polar surface area (TPSA) is 26.3 Å². The van der Waals surface area contributed by atoms with Gasteiger partial charge in [-0.3, -0.25) is 4.79 Å². The normalized spacial score (nSPS) is 12.4. The molecule has 0 heterocycles. The van der Waals surface area contributed by atoms with E-state index in [-0.39, 0.29) is 12.1 Å². The van der Waals surface area contributed by atoms with Crippen LogP contribution in [-0.4, -0.2) is 12.1 Å². The van der Waals surface area contributed by atoms with E-state index in [2.05, 4.69) is 32.9 Å². The highest BCUT2D eigenvalue weighted by atomic mass is 16.5. The van der Waals surface area contributed by atoms with Crippen molar-refractivity contribution >= 4 is 5.97 Å². The molecule has 1 atom stereocenters. The second-order valence-corrected chi connectivity index (χ2v) is 11.2. The van der Waals surface area contributed by atoms with Gasteiger partial charge in [0.15, 0.2) is 0 Å². The molecule has 1 unspecified atom stereocenters. The van der Waals surface area contributed by atoms with Gasteiger partial charge >= 0.3 is 5.97 Å². The predicted octanol–water partition coefficient (Wildman–Crippen LogP) is 12.0. The summed E-state index contributed by atoms with van der Waals surface area (Å²) in [5.41, 5.74) is 0. The molecule has 0 spiro atoms. The zero-order valence-corrected chi connectivity index (χ0v) is 25.1. The SMILES string of the molecule is CCCCCCCC/C=C\CCCCCCCC(=O)OC(CCCCCC)CCCCCCCCC. The lowest BCUT2D eigenvalue weighted by atomic mass is 10.0. The van der Waals surface area contributed by atoms with Gasteiger partial charge in [0.25, 0.3) is 0 Å². The first-order valence-corrected chi connectivity index (χ1v) is 16.6. The minimum Gasteiger partial charge on any atom is -0.462 e. The summed E-state index contributed by atoms with van der Waals surface area (Å²) in [4.78, 5) is 12.5. The Bertz CT molecular complexity index is 456. The molecule has 0 aromatic rings. The van der Waals surface area contributed by atoms with Crippen LogP contribution in [0.3, 0.4) is 0 Å². The van der Waals surface area contributed by atoms with Crippen molar-refractivity contribution in [2.45, 2.75) is 200 Å². The highest BCUT2D eigenvalue weighted by Crippen LogP contribution is 2.18. The lowest BCUT2D eigenvalue weighted by molar-refractivity contribution is -0.150. The van der Waals surface area contributed by atoms with Crippen LogP contribution < -0.4 is 0 Å². The smallest absolute Gasteiger partial charge is 0.306 e. The quantitative estimate of drug-likeness (QED) is 0.0572. The van der Waals surface area contributed by atoms with Crippen LogP contribution in [0.25, 0.3) is 0 Å². The average molecular weight is 507 g/mol. The van der Waals surface area contributed by atoms with Crippen LogP contribution >= 0.6 is 0 Å². The molecule has 0 aliphatic heterocycles. The van der Waals surface area contributed by atoms with E-state index in [1.54, 1.807) is 0 Å². The van der Waals surface area contributed by atoms with Crippen molar-refractivity contribution in [1.29, 1.82) is 0 Å².